The van der Waals surface area contributed by atoms with Crippen molar-refractivity contribution in [1.29, 1.82) is 0 Å². The fourth-order valence-corrected chi connectivity index (χ4v) is 4.48. The third kappa shape index (κ3) is 10.5. The molecule has 172 valence electrons. The molecule has 0 aliphatic heterocycles. The summed E-state index contributed by atoms with van der Waals surface area (Å²) in [5.74, 6) is 0.860. The molecule has 0 aliphatic rings. The van der Waals surface area contributed by atoms with E-state index in [9.17, 15) is 9.59 Å². The molecule has 32 heavy (non-hydrogen) atoms. The van der Waals surface area contributed by atoms with Gasteiger partial charge in [0.05, 0.1) is 13.2 Å². The number of benzene rings is 2. The molecule has 1 amide bonds. The molecule has 0 saturated carbocycles. The van der Waals surface area contributed by atoms with E-state index < -0.39 is 12.1 Å². The van der Waals surface area contributed by atoms with Crippen molar-refractivity contribution in [3.63, 3.8) is 0 Å². The van der Waals surface area contributed by atoms with Gasteiger partial charge in [-0.1, -0.05) is 18.3 Å². The van der Waals surface area contributed by atoms with Crippen LogP contribution in [-0.2, 0) is 14.3 Å². The second-order valence-electron chi connectivity index (χ2n) is 6.44. The monoisotopic (exact) mass is 493 g/mol. The second-order valence-corrected chi connectivity index (χ2v) is 9.93. The van der Waals surface area contributed by atoms with Crippen molar-refractivity contribution < 1.29 is 24.2 Å². The highest BCUT2D eigenvalue weighted by atomic mass is 32.2. The van der Waals surface area contributed by atoms with Gasteiger partial charge >= 0.3 is 12.1 Å². The maximum atomic E-state index is 11.6. The molecule has 0 aliphatic carbocycles. The van der Waals surface area contributed by atoms with Crippen molar-refractivity contribution in [3.8, 4) is 0 Å². The maximum absolute atomic E-state index is 11.6. The van der Waals surface area contributed by atoms with Gasteiger partial charge in [-0.05, 0) is 55.5 Å². The van der Waals surface area contributed by atoms with Crippen LogP contribution in [0.3, 0.4) is 0 Å². The molecule has 0 fully saturated rings. The topological polar surface area (TPSA) is 84.9 Å². The normalized spacial score (nSPS) is 10.4. The van der Waals surface area contributed by atoms with Crippen LogP contribution in [0, 0.1) is 0 Å². The molecule has 0 aromatic heterocycles. The molecule has 0 saturated heterocycles. The smallest absolute Gasteiger partial charge is 0.407 e. The summed E-state index contributed by atoms with van der Waals surface area (Å²) in [5.41, 5.74) is 0.319. The number of hydrogen-bond acceptors (Lipinski definition) is 8. The third-order valence-electron chi connectivity index (χ3n) is 3.78. The number of amides is 1. The minimum absolute atomic E-state index is 0.0761. The van der Waals surface area contributed by atoms with Crippen molar-refractivity contribution in [2.75, 3.05) is 37.9 Å². The van der Waals surface area contributed by atoms with E-state index in [0.717, 1.165) is 19.6 Å². The molecule has 2 aromatic rings. The number of hydrogen-bond donors (Lipinski definition) is 2. The van der Waals surface area contributed by atoms with Crippen LogP contribution in [0.2, 0.25) is 0 Å². The molecular weight excluding hydrogens is 466 g/mol. The molecule has 0 atom stereocenters. The van der Waals surface area contributed by atoms with Crippen LogP contribution in [0.1, 0.15) is 6.92 Å². The fourth-order valence-electron chi connectivity index (χ4n) is 2.27. The maximum Gasteiger partial charge on any atom is 0.407 e. The van der Waals surface area contributed by atoms with Crippen LogP contribution < -0.4 is 5.32 Å². The number of rotatable bonds is 13. The standard InChI is InChI=1S/C23H27NO5S3/c1-17(2)22(26)28-13-11-24-23(27)29-14-16-31-19-5-9-21(10-6-19)32-20-7-3-18(4-8-20)30-15-12-25/h3-10,25H,1,11-16H2,2H3,(H,24,27). The number of nitrogens with one attached hydrogen (secondary N) is 1. The Morgan fingerprint density at radius 1 is 0.875 bits per heavy atom. The number of aliphatic hydroxyl groups excluding tert-OH is 1. The minimum Gasteiger partial charge on any atom is -0.460 e. The number of ether oxygens (including phenoxy) is 2. The summed E-state index contributed by atoms with van der Waals surface area (Å²) >= 11 is 4.94. The molecule has 0 unspecified atom stereocenters. The highest BCUT2D eigenvalue weighted by Crippen LogP contribution is 2.31. The van der Waals surface area contributed by atoms with Crippen LogP contribution in [0.25, 0.3) is 0 Å². The first-order chi connectivity index (χ1) is 15.5. The Bertz CT molecular complexity index is 872. The average Bonchev–Trinajstić information content (AvgIpc) is 2.80. The van der Waals surface area contributed by atoms with Gasteiger partial charge in [0.1, 0.15) is 13.2 Å². The number of thioether (sulfide) groups is 2. The Morgan fingerprint density at radius 3 is 1.94 bits per heavy atom. The van der Waals surface area contributed by atoms with Crippen molar-refractivity contribution >= 4 is 47.3 Å². The first-order valence-corrected chi connectivity index (χ1v) is 12.7. The van der Waals surface area contributed by atoms with E-state index in [-0.39, 0.29) is 26.4 Å². The van der Waals surface area contributed by atoms with Gasteiger partial charge < -0.3 is 19.9 Å². The molecule has 0 spiro atoms. The van der Waals surface area contributed by atoms with E-state index in [1.807, 2.05) is 0 Å². The quantitative estimate of drug-likeness (QED) is 0.177. The van der Waals surface area contributed by atoms with Gasteiger partial charge in [0.25, 0.3) is 0 Å². The van der Waals surface area contributed by atoms with Gasteiger partial charge in [-0.3, -0.25) is 0 Å². The highest BCUT2D eigenvalue weighted by Gasteiger charge is 2.05. The van der Waals surface area contributed by atoms with Crippen LogP contribution in [0.15, 0.2) is 80.3 Å². The number of carbonyl (C=O) groups excluding carboxylic acids is 2. The van der Waals surface area contributed by atoms with Crippen LogP contribution in [-0.4, -0.2) is 55.0 Å². The Morgan fingerprint density at radius 2 is 1.41 bits per heavy atom. The number of aliphatic hydroxyl groups is 1. The lowest BCUT2D eigenvalue weighted by Crippen LogP contribution is -2.29. The van der Waals surface area contributed by atoms with E-state index >= 15 is 0 Å². The van der Waals surface area contributed by atoms with Crippen LogP contribution >= 0.6 is 35.3 Å². The first kappa shape index (κ1) is 26.2. The molecule has 2 N–H and O–H groups in total. The lowest BCUT2D eigenvalue weighted by Gasteiger charge is -2.08. The predicted octanol–water partition coefficient (Wildman–Crippen LogP) is 4.86. The molecule has 9 heteroatoms. The van der Waals surface area contributed by atoms with Gasteiger partial charge in [0.2, 0.25) is 0 Å². The summed E-state index contributed by atoms with van der Waals surface area (Å²) in [6.07, 6.45) is -0.537. The van der Waals surface area contributed by atoms with E-state index in [4.69, 9.17) is 14.6 Å². The number of alkyl carbamates (subject to hydrolysis) is 1. The number of esters is 1. The minimum atomic E-state index is -0.537. The van der Waals surface area contributed by atoms with Gasteiger partial charge in [0, 0.05) is 36.7 Å². The lowest BCUT2D eigenvalue weighted by atomic mass is 10.4. The Hall–Kier alpha value is -2.07. The summed E-state index contributed by atoms with van der Waals surface area (Å²) < 4.78 is 9.99. The van der Waals surface area contributed by atoms with Gasteiger partial charge in [-0.25, -0.2) is 9.59 Å². The van der Waals surface area contributed by atoms with Crippen molar-refractivity contribution in [2.24, 2.45) is 0 Å². The Balaban J connectivity index is 1.62. The fraction of sp³-hybridized carbons (Fsp3) is 0.304. The summed E-state index contributed by atoms with van der Waals surface area (Å²) in [4.78, 5) is 27.4. The van der Waals surface area contributed by atoms with E-state index in [0.29, 0.717) is 17.1 Å². The molecule has 2 aromatic carbocycles. The van der Waals surface area contributed by atoms with Crippen LogP contribution in [0.4, 0.5) is 4.79 Å². The summed E-state index contributed by atoms with van der Waals surface area (Å²) in [6, 6.07) is 16.5. The molecule has 0 bridgehead atoms. The second kappa shape index (κ2) is 14.9. The molecule has 0 heterocycles. The van der Waals surface area contributed by atoms with E-state index in [1.54, 1.807) is 42.2 Å². The zero-order valence-electron chi connectivity index (χ0n) is 17.9. The third-order valence-corrected chi connectivity index (χ3v) is 6.77. The zero-order valence-corrected chi connectivity index (χ0v) is 20.3. The molecule has 0 radical (unpaired) electrons. The number of carbonyl (C=O) groups is 2. The van der Waals surface area contributed by atoms with E-state index in [1.165, 1.54) is 0 Å². The lowest BCUT2D eigenvalue weighted by molar-refractivity contribution is -0.138. The summed E-state index contributed by atoms with van der Waals surface area (Å²) in [5, 5.41) is 11.4. The van der Waals surface area contributed by atoms with Crippen LogP contribution in [0.5, 0.6) is 0 Å². The molecule has 6 nitrogen and oxygen atoms in total. The van der Waals surface area contributed by atoms with Crippen molar-refractivity contribution in [2.45, 2.75) is 26.5 Å². The predicted molar refractivity (Wildman–Crippen MR) is 131 cm³/mol. The first-order valence-electron chi connectivity index (χ1n) is 9.95. The Kier molecular flexibility index (Phi) is 12.2. The summed E-state index contributed by atoms with van der Waals surface area (Å²) in [6.45, 7) is 5.77. The van der Waals surface area contributed by atoms with Crippen molar-refractivity contribution in [3.05, 3.63) is 60.7 Å². The largest absolute Gasteiger partial charge is 0.460 e. The van der Waals surface area contributed by atoms with Gasteiger partial charge in [-0.2, -0.15) is 0 Å². The van der Waals surface area contributed by atoms with E-state index in [2.05, 4.69) is 60.4 Å². The molecule has 2 rings (SSSR count). The highest BCUT2D eigenvalue weighted by molar-refractivity contribution is 8.00. The molecular formula is C23H27NO5S3. The zero-order chi connectivity index (χ0) is 23.2. The van der Waals surface area contributed by atoms with Gasteiger partial charge in [-0.15, -0.1) is 23.5 Å². The van der Waals surface area contributed by atoms with Gasteiger partial charge in [0.15, 0.2) is 0 Å². The van der Waals surface area contributed by atoms with Crippen molar-refractivity contribution in [1.82, 2.24) is 5.32 Å². The summed E-state index contributed by atoms with van der Waals surface area (Å²) in [7, 11) is 0. The SMILES string of the molecule is C=C(C)C(=O)OCCNC(=O)OCCSc1ccc(Sc2ccc(SCCO)cc2)cc1. The average molecular weight is 494 g/mol. The Labute approximate surface area is 201 Å².